The molecule has 0 saturated carbocycles. The maximum absolute atomic E-state index is 11.0. The van der Waals surface area contributed by atoms with Gasteiger partial charge in [-0.1, -0.05) is 15.9 Å². The Morgan fingerprint density at radius 1 is 1.55 bits per heavy atom. The zero-order chi connectivity index (χ0) is 14.4. The van der Waals surface area contributed by atoms with Gasteiger partial charge >= 0.3 is 0 Å². The Kier molecular flexibility index (Phi) is 4.83. The normalized spacial score (nSPS) is 10.7. The van der Waals surface area contributed by atoms with Gasteiger partial charge < -0.3 is 4.74 Å². The summed E-state index contributed by atoms with van der Waals surface area (Å²) >= 11 is 3.39. The van der Waals surface area contributed by atoms with Crippen LogP contribution >= 0.6 is 15.9 Å². The molecule has 0 aliphatic heterocycles. The second kappa shape index (κ2) is 6.80. The van der Waals surface area contributed by atoms with Crippen LogP contribution in [0.4, 0.5) is 5.95 Å². The van der Waals surface area contributed by atoms with Gasteiger partial charge in [0.15, 0.2) is 0 Å². The summed E-state index contributed by atoms with van der Waals surface area (Å²) in [6, 6.07) is 5.60. The Hall–Kier alpha value is -2.22. The van der Waals surface area contributed by atoms with E-state index in [0.717, 1.165) is 16.2 Å². The lowest BCUT2D eigenvalue weighted by Crippen LogP contribution is -2.10. The number of aromatic amines is 1. The molecule has 104 valence electrons. The molecule has 7 nitrogen and oxygen atoms in total. The summed E-state index contributed by atoms with van der Waals surface area (Å²) in [5, 5.41) is 11.2. The predicted molar refractivity (Wildman–Crippen MR) is 79.2 cm³/mol. The molecule has 1 aromatic heterocycles. The number of ether oxygens (including phenoxy) is 1. The van der Waals surface area contributed by atoms with Crippen LogP contribution in [0.15, 0.2) is 38.8 Å². The van der Waals surface area contributed by atoms with E-state index >= 15 is 0 Å². The van der Waals surface area contributed by atoms with E-state index in [1.807, 2.05) is 25.1 Å². The fraction of sp³-hybridized carbons (Fsp3) is 0.167. The third-order valence-electron chi connectivity index (χ3n) is 2.22. The number of benzene rings is 1. The lowest BCUT2D eigenvalue weighted by molar-refractivity contribution is 0.339. The molecule has 2 aromatic rings. The number of nitrogens with zero attached hydrogens (tertiary/aromatic N) is 3. The fourth-order valence-electron chi connectivity index (χ4n) is 1.43. The van der Waals surface area contributed by atoms with E-state index in [9.17, 15) is 4.79 Å². The van der Waals surface area contributed by atoms with E-state index < -0.39 is 0 Å². The number of hydrogen-bond acceptors (Lipinski definition) is 6. The van der Waals surface area contributed by atoms with Crippen LogP contribution in [0, 0.1) is 0 Å². The van der Waals surface area contributed by atoms with Crippen LogP contribution in [-0.2, 0) is 0 Å². The minimum atomic E-state index is -0.352. The van der Waals surface area contributed by atoms with Crippen LogP contribution in [0.1, 0.15) is 12.5 Å². The van der Waals surface area contributed by atoms with E-state index in [2.05, 4.69) is 41.6 Å². The largest absolute Gasteiger partial charge is 0.493 e. The van der Waals surface area contributed by atoms with Crippen molar-refractivity contribution in [3.8, 4) is 5.75 Å². The summed E-state index contributed by atoms with van der Waals surface area (Å²) in [5.74, 6) is 0.885. The standard InChI is InChI=1S/C12H12BrN5O2/c1-2-20-10-4-3-9(13)5-8(10)6-14-17-12-16-11(19)7-15-18-12/h3-7H,2H2,1H3,(H2,16,17,18,19)/b14-6+. The van der Waals surface area contributed by atoms with Crippen molar-refractivity contribution < 1.29 is 4.74 Å². The molecule has 20 heavy (non-hydrogen) atoms. The molecule has 0 unspecified atom stereocenters. The molecule has 2 rings (SSSR count). The summed E-state index contributed by atoms with van der Waals surface area (Å²) in [6.45, 7) is 2.47. The Morgan fingerprint density at radius 2 is 2.40 bits per heavy atom. The van der Waals surface area contributed by atoms with E-state index in [1.165, 1.54) is 0 Å². The first kappa shape index (κ1) is 14.2. The first-order valence-electron chi connectivity index (χ1n) is 5.82. The topological polar surface area (TPSA) is 92.3 Å². The first-order valence-corrected chi connectivity index (χ1v) is 6.62. The third kappa shape index (κ3) is 3.89. The lowest BCUT2D eigenvalue weighted by Gasteiger charge is -2.06. The number of hydrogen-bond donors (Lipinski definition) is 2. The van der Waals surface area contributed by atoms with Crippen molar-refractivity contribution in [1.29, 1.82) is 0 Å². The molecule has 1 heterocycles. The molecule has 0 aliphatic rings. The van der Waals surface area contributed by atoms with Crippen LogP contribution < -0.4 is 15.7 Å². The van der Waals surface area contributed by atoms with Gasteiger partial charge in [0.05, 0.1) is 12.8 Å². The quantitative estimate of drug-likeness (QED) is 0.640. The monoisotopic (exact) mass is 337 g/mol. The Morgan fingerprint density at radius 3 is 3.15 bits per heavy atom. The highest BCUT2D eigenvalue weighted by Crippen LogP contribution is 2.21. The lowest BCUT2D eigenvalue weighted by atomic mass is 10.2. The Bertz CT molecular complexity index is 671. The van der Waals surface area contributed by atoms with Gasteiger partial charge in [-0.2, -0.15) is 5.10 Å². The minimum Gasteiger partial charge on any atom is -0.493 e. The highest BCUT2D eigenvalue weighted by atomic mass is 79.9. The molecule has 1 aromatic carbocycles. The van der Waals surface area contributed by atoms with Gasteiger partial charge in [0.2, 0.25) is 5.95 Å². The first-order chi connectivity index (χ1) is 9.69. The van der Waals surface area contributed by atoms with Gasteiger partial charge in [0.25, 0.3) is 5.56 Å². The molecule has 0 fully saturated rings. The molecule has 0 radical (unpaired) electrons. The zero-order valence-electron chi connectivity index (χ0n) is 10.6. The molecule has 0 aliphatic carbocycles. The Balaban J connectivity index is 2.14. The van der Waals surface area contributed by atoms with Gasteiger partial charge in [0, 0.05) is 10.0 Å². The molecule has 0 spiro atoms. The van der Waals surface area contributed by atoms with Crippen LogP contribution in [0.5, 0.6) is 5.75 Å². The average molecular weight is 338 g/mol. The molecule has 2 N–H and O–H groups in total. The summed E-state index contributed by atoms with van der Waals surface area (Å²) in [6.07, 6.45) is 2.65. The van der Waals surface area contributed by atoms with E-state index in [-0.39, 0.29) is 11.5 Å². The summed E-state index contributed by atoms with van der Waals surface area (Å²) < 4.78 is 6.40. The maximum atomic E-state index is 11.0. The van der Waals surface area contributed by atoms with Crippen LogP contribution in [0.25, 0.3) is 0 Å². The second-order valence-electron chi connectivity index (χ2n) is 3.67. The van der Waals surface area contributed by atoms with E-state index in [0.29, 0.717) is 12.4 Å². The zero-order valence-corrected chi connectivity index (χ0v) is 12.2. The molecule has 0 atom stereocenters. The number of hydrazone groups is 1. The number of rotatable bonds is 5. The van der Waals surface area contributed by atoms with Crippen molar-refractivity contribution in [1.82, 2.24) is 15.2 Å². The van der Waals surface area contributed by atoms with Crippen LogP contribution in [0.2, 0.25) is 0 Å². The molecule has 0 saturated heterocycles. The Labute approximate surface area is 123 Å². The minimum absolute atomic E-state index is 0.168. The van der Waals surface area contributed by atoms with Crippen molar-refractivity contribution in [3.05, 3.63) is 44.8 Å². The molecule has 0 amide bonds. The highest BCUT2D eigenvalue weighted by molar-refractivity contribution is 9.10. The van der Waals surface area contributed by atoms with Crippen molar-refractivity contribution in [2.75, 3.05) is 12.0 Å². The van der Waals surface area contributed by atoms with Crippen LogP contribution in [0.3, 0.4) is 0 Å². The van der Waals surface area contributed by atoms with Crippen molar-refractivity contribution >= 4 is 28.1 Å². The predicted octanol–water partition coefficient (Wildman–Crippen LogP) is 1.77. The number of aromatic nitrogens is 3. The second-order valence-corrected chi connectivity index (χ2v) is 4.58. The molecular weight excluding hydrogens is 326 g/mol. The number of H-pyrrole nitrogens is 1. The van der Waals surface area contributed by atoms with Crippen molar-refractivity contribution in [3.63, 3.8) is 0 Å². The van der Waals surface area contributed by atoms with Crippen LogP contribution in [-0.4, -0.2) is 28.0 Å². The molecule has 0 bridgehead atoms. The fourth-order valence-corrected chi connectivity index (χ4v) is 1.81. The SMILES string of the molecule is CCOc1ccc(Br)cc1/C=N/Nc1nncc(=O)[nH]1. The highest BCUT2D eigenvalue weighted by Gasteiger charge is 2.02. The number of anilines is 1. The van der Waals surface area contributed by atoms with Crippen molar-refractivity contribution in [2.45, 2.75) is 6.92 Å². The third-order valence-corrected chi connectivity index (χ3v) is 2.71. The molecule has 8 heteroatoms. The van der Waals surface area contributed by atoms with E-state index in [1.54, 1.807) is 6.21 Å². The van der Waals surface area contributed by atoms with E-state index in [4.69, 9.17) is 4.74 Å². The van der Waals surface area contributed by atoms with Crippen molar-refractivity contribution in [2.24, 2.45) is 5.10 Å². The summed E-state index contributed by atoms with van der Waals surface area (Å²) in [5.41, 5.74) is 3.03. The number of halogens is 1. The maximum Gasteiger partial charge on any atom is 0.271 e. The van der Waals surface area contributed by atoms with Gasteiger partial charge in [-0.3, -0.25) is 9.78 Å². The summed E-state index contributed by atoms with van der Waals surface area (Å²) in [4.78, 5) is 13.5. The number of nitrogens with one attached hydrogen (secondary N) is 2. The summed E-state index contributed by atoms with van der Waals surface area (Å²) in [7, 11) is 0. The average Bonchev–Trinajstić information content (AvgIpc) is 2.42. The van der Waals surface area contributed by atoms with Gasteiger partial charge in [-0.15, -0.1) is 10.2 Å². The van der Waals surface area contributed by atoms with Gasteiger partial charge in [-0.25, -0.2) is 5.43 Å². The van der Waals surface area contributed by atoms with Gasteiger partial charge in [0.1, 0.15) is 11.9 Å². The van der Waals surface area contributed by atoms with Gasteiger partial charge in [-0.05, 0) is 25.1 Å². The smallest absolute Gasteiger partial charge is 0.271 e. The molecular formula is C12H12BrN5O2.